The van der Waals surface area contributed by atoms with Crippen LogP contribution in [0.4, 0.5) is 5.82 Å². The van der Waals surface area contributed by atoms with Gasteiger partial charge >= 0.3 is 5.97 Å². The molecule has 0 spiro atoms. The van der Waals surface area contributed by atoms with E-state index in [9.17, 15) is 4.79 Å². The second-order valence-corrected chi connectivity index (χ2v) is 3.93. The number of nitrogens with zero attached hydrogens (tertiary/aromatic N) is 2. The summed E-state index contributed by atoms with van der Waals surface area (Å²) in [6.07, 6.45) is 1.53. The van der Waals surface area contributed by atoms with Gasteiger partial charge in [0.05, 0.1) is 18.2 Å². The molecule has 0 radical (unpaired) electrons. The Morgan fingerprint density at radius 1 is 1.47 bits per heavy atom. The summed E-state index contributed by atoms with van der Waals surface area (Å²) in [6.45, 7) is -0.550. The van der Waals surface area contributed by atoms with Crippen LogP contribution in [-0.2, 0) is 4.79 Å². The van der Waals surface area contributed by atoms with E-state index in [1.807, 2.05) is 6.07 Å². The van der Waals surface area contributed by atoms with Crippen LogP contribution >= 0.6 is 0 Å². The molecule has 0 amide bonds. The van der Waals surface area contributed by atoms with E-state index in [-0.39, 0.29) is 0 Å². The van der Waals surface area contributed by atoms with Gasteiger partial charge in [-0.05, 0) is 23.6 Å². The molecule has 0 fully saturated rings. The summed E-state index contributed by atoms with van der Waals surface area (Å²) < 4.78 is 0. The lowest BCUT2D eigenvalue weighted by atomic mass is 10.1. The first-order valence-corrected chi connectivity index (χ1v) is 5.55. The molecule has 0 bridgehead atoms. The van der Waals surface area contributed by atoms with E-state index < -0.39 is 18.6 Å². The van der Waals surface area contributed by atoms with Gasteiger partial charge < -0.3 is 15.5 Å². The molecule has 6 heteroatoms. The van der Waals surface area contributed by atoms with Crippen LogP contribution in [0.15, 0.2) is 30.5 Å². The Kier molecular flexibility index (Phi) is 3.59. The number of aliphatic hydroxyl groups excluding tert-OH is 1. The van der Waals surface area contributed by atoms with Crippen LogP contribution in [0.5, 0.6) is 0 Å². The van der Waals surface area contributed by atoms with Crippen molar-refractivity contribution in [1.82, 2.24) is 4.98 Å². The molecule has 6 nitrogen and oxygen atoms in total. The van der Waals surface area contributed by atoms with Gasteiger partial charge in [-0.15, -0.1) is 0 Å². The number of carbonyl (C=O) groups is 1. The van der Waals surface area contributed by atoms with E-state index in [4.69, 9.17) is 15.5 Å². The number of aromatic nitrogens is 1. The summed E-state index contributed by atoms with van der Waals surface area (Å²) in [5.41, 5.74) is 0.458. The van der Waals surface area contributed by atoms with Gasteiger partial charge in [0.15, 0.2) is 0 Å². The zero-order valence-corrected chi connectivity index (χ0v) is 9.87. The molecule has 2 rings (SSSR count). The van der Waals surface area contributed by atoms with Crippen LogP contribution in [0.25, 0.3) is 10.8 Å². The number of pyridine rings is 1. The fourth-order valence-electron chi connectivity index (χ4n) is 1.70. The quantitative estimate of drug-likeness (QED) is 0.753. The van der Waals surface area contributed by atoms with Crippen molar-refractivity contribution in [2.24, 2.45) is 0 Å². The molecule has 0 aliphatic carbocycles. The zero-order valence-electron chi connectivity index (χ0n) is 9.87. The second kappa shape index (κ2) is 5.33. The highest BCUT2D eigenvalue weighted by molar-refractivity contribution is 5.94. The lowest BCUT2D eigenvalue weighted by Gasteiger charge is -2.14. The number of benzene rings is 1. The highest BCUT2D eigenvalue weighted by atomic mass is 16.4. The smallest absolute Gasteiger partial charge is 0.328 e. The van der Waals surface area contributed by atoms with Gasteiger partial charge in [-0.25, -0.2) is 9.78 Å². The Morgan fingerprint density at radius 3 is 2.89 bits per heavy atom. The molecule has 96 valence electrons. The summed E-state index contributed by atoms with van der Waals surface area (Å²) in [7, 11) is 0. The topological polar surface area (TPSA) is 106 Å². The fourth-order valence-corrected chi connectivity index (χ4v) is 1.70. The van der Waals surface area contributed by atoms with E-state index >= 15 is 0 Å². The van der Waals surface area contributed by atoms with Gasteiger partial charge in [0.2, 0.25) is 0 Å². The molecule has 0 aliphatic heterocycles. The first-order valence-electron chi connectivity index (χ1n) is 5.55. The van der Waals surface area contributed by atoms with Crippen molar-refractivity contribution in [3.05, 3.63) is 36.0 Å². The van der Waals surface area contributed by atoms with E-state index in [0.29, 0.717) is 16.8 Å². The van der Waals surface area contributed by atoms with E-state index in [1.54, 1.807) is 24.3 Å². The Morgan fingerprint density at radius 2 is 2.26 bits per heavy atom. The minimum atomic E-state index is -1.17. The zero-order chi connectivity index (χ0) is 13.8. The van der Waals surface area contributed by atoms with E-state index in [0.717, 1.165) is 5.39 Å². The van der Waals surface area contributed by atoms with E-state index in [2.05, 4.69) is 10.3 Å². The lowest BCUT2D eigenvalue weighted by Crippen LogP contribution is -2.33. The van der Waals surface area contributed by atoms with Gasteiger partial charge in [-0.1, -0.05) is 6.07 Å². The first-order chi connectivity index (χ1) is 9.15. The number of rotatable bonds is 4. The summed E-state index contributed by atoms with van der Waals surface area (Å²) >= 11 is 0. The molecule has 0 saturated carbocycles. The number of carboxylic acids is 1. The number of fused-ring (bicyclic) bond motifs is 1. The molecule has 1 atom stereocenters. The molecule has 0 aliphatic rings. The molecule has 0 saturated heterocycles. The summed E-state index contributed by atoms with van der Waals surface area (Å²) in [6, 6.07) is 7.70. The van der Waals surface area contributed by atoms with Crippen molar-refractivity contribution in [3.8, 4) is 6.07 Å². The molecule has 1 aromatic heterocycles. The van der Waals surface area contributed by atoms with E-state index in [1.165, 1.54) is 6.20 Å². The van der Waals surface area contributed by atoms with Gasteiger partial charge in [0.1, 0.15) is 11.9 Å². The minimum Gasteiger partial charge on any atom is -0.480 e. The normalized spacial score (nSPS) is 11.8. The highest BCUT2D eigenvalue weighted by Crippen LogP contribution is 2.22. The predicted octanol–water partition coefficient (Wildman–Crippen LogP) is 0.964. The largest absolute Gasteiger partial charge is 0.480 e. The molecule has 19 heavy (non-hydrogen) atoms. The molecule has 1 unspecified atom stereocenters. The number of nitriles is 1. The van der Waals surface area contributed by atoms with Gasteiger partial charge in [-0.2, -0.15) is 5.26 Å². The standard InChI is InChI=1S/C13H11N3O3/c14-6-8-1-2-9-3-4-15-12(10(9)5-8)16-11(7-17)13(18)19/h1-5,11,17H,7H2,(H,15,16)(H,18,19). The van der Waals surface area contributed by atoms with Crippen LogP contribution in [-0.4, -0.2) is 33.8 Å². The van der Waals surface area contributed by atoms with Crippen molar-refractivity contribution in [1.29, 1.82) is 5.26 Å². The number of nitrogens with one attached hydrogen (secondary N) is 1. The average molecular weight is 257 g/mol. The third-order valence-corrected chi connectivity index (χ3v) is 2.69. The Bertz CT molecular complexity index is 664. The number of anilines is 1. The molecule has 1 heterocycles. The average Bonchev–Trinajstić information content (AvgIpc) is 2.43. The number of aliphatic hydroxyl groups is 1. The minimum absolute atomic E-state index is 0.330. The van der Waals surface area contributed by atoms with Crippen LogP contribution < -0.4 is 5.32 Å². The Balaban J connectivity index is 2.48. The lowest BCUT2D eigenvalue weighted by molar-refractivity contribution is -0.138. The predicted molar refractivity (Wildman–Crippen MR) is 68.6 cm³/mol. The maximum absolute atomic E-state index is 10.9. The SMILES string of the molecule is N#Cc1ccc2ccnc(NC(CO)C(=O)O)c2c1. The Hall–Kier alpha value is -2.65. The van der Waals surface area contributed by atoms with Crippen molar-refractivity contribution in [2.45, 2.75) is 6.04 Å². The molecular weight excluding hydrogens is 246 g/mol. The van der Waals surface area contributed by atoms with Crippen LogP contribution in [0.2, 0.25) is 0 Å². The monoisotopic (exact) mass is 257 g/mol. The second-order valence-electron chi connectivity index (χ2n) is 3.93. The Labute approximate surface area is 108 Å². The maximum atomic E-state index is 10.9. The van der Waals surface area contributed by atoms with Crippen molar-refractivity contribution in [2.75, 3.05) is 11.9 Å². The van der Waals surface area contributed by atoms with Gasteiger partial charge in [0, 0.05) is 11.6 Å². The van der Waals surface area contributed by atoms with Crippen molar-refractivity contribution < 1.29 is 15.0 Å². The maximum Gasteiger partial charge on any atom is 0.328 e. The number of hydrogen-bond donors (Lipinski definition) is 3. The first kappa shape index (κ1) is 12.8. The van der Waals surface area contributed by atoms with Crippen molar-refractivity contribution in [3.63, 3.8) is 0 Å². The molecule has 1 aromatic carbocycles. The molecular formula is C13H11N3O3. The number of aliphatic carboxylic acids is 1. The third kappa shape index (κ3) is 2.61. The third-order valence-electron chi connectivity index (χ3n) is 2.69. The number of carboxylic acid groups (broad SMARTS) is 1. The molecule has 3 N–H and O–H groups in total. The van der Waals surface area contributed by atoms with Crippen molar-refractivity contribution >= 4 is 22.6 Å². The summed E-state index contributed by atoms with van der Waals surface area (Å²) in [4.78, 5) is 14.9. The molecule has 2 aromatic rings. The fraction of sp³-hybridized carbons (Fsp3) is 0.154. The van der Waals surface area contributed by atoms with Gasteiger partial charge in [-0.3, -0.25) is 0 Å². The van der Waals surface area contributed by atoms with Crippen LogP contribution in [0.3, 0.4) is 0 Å². The van der Waals surface area contributed by atoms with Crippen LogP contribution in [0, 0.1) is 11.3 Å². The van der Waals surface area contributed by atoms with Gasteiger partial charge in [0.25, 0.3) is 0 Å². The highest BCUT2D eigenvalue weighted by Gasteiger charge is 2.17. The summed E-state index contributed by atoms with van der Waals surface area (Å²) in [5, 5.41) is 30.9. The number of hydrogen-bond acceptors (Lipinski definition) is 5. The summed E-state index contributed by atoms with van der Waals surface area (Å²) in [5.74, 6) is -0.839. The van der Waals surface area contributed by atoms with Crippen LogP contribution in [0.1, 0.15) is 5.56 Å².